The highest BCUT2D eigenvalue weighted by atomic mass is 32.2. The van der Waals surface area contributed by atoms with Crippen LogP contribution in [0.2, 0.25) is 0 Å². The minimum Gasteiger partial charge on any atom is -0.488 e. The first-order chi connectivity index (χ1) is 23.9. The van der Waals surface area contributed by atoms with Gasteiger partial charge < -0.3 is 20.5 Å². The number of nitrogens with one attached hydrogen (secondary N) is 1. The van der Waals surface area contributed by atoms with Gasteiger partial charge in [-0.05, 0) is 94.9 Å². The van der Waals surface area contributed by atoms with Crippen molar-refractivity contribution in [2.45, 2.75) is 108 Å². The Balaban J connectivity index is 1.47. The minimum atomic E-state index is -4.65. The van der Waals surface area contributed by atoms with Gasteiger partial charge in [0.25, 0.3) is 15.7 Å². The number of anilines is 2. The fourth-order valence-electron chi connectivity index (χ4n) is 7.12. The zero-order chi connectivity index (χ0) is 36.9. The van der Waals surface area contributed by atoms with Crippen LogP contribution in [0.15, 0.2) is 47.6 Å². The van der Waals surface area contributed by atoms with Crippen molar-refractivity contribution in [3.05, 3.63) is 64.0 Å². The molecule has 1 amide bonds. The van der Waals surface area contributed by atoms with E-state index >= 15 is 0 Å². The summed E-state index contributed by atoms with van der Waals surface area (Å²) in [6, 6.07) is 10.9. The molecule has 270 valence electrons. The second kappa shape index (κ2) is 13.0. The number of benzene rings is 2. The molecule has 3 aromatic rings. The van der Waals surface area contributed by atoms with Gasteiger partial charge in [-0.3, -0.25) is 14.4 Å². The van der Waals surface area contributed by atoms with Crippen LogP contribution in [0.1, 0.15) is 84.3 Å². The number of hydrogen-bond donors (Lipinski definition) is 2. The van der Waals surface area contributed by atoms with Crippen LogP contribution in [0.5, 0.6) is 5.75 Å². The van der Waals surface area contributed by atoms with E-state index in [2.05, 4.69) is 21.4 Å². The number of carbonyl (C=O) groups excluding carboxylic acids is 1. The maximum atomic E-state index is 14.9. The van der Waals surface area contributed by atoms with Gasteiger partial charge in [0, 0.05) is 23.2 Å². The van der Waals surface area contributed by atoms with Gasteiger partial charge in [0.2, 0.25) is 0 Å². The van der Waals surface area contributed by atoms with Gasteiger partial charge in [0.1, 0.15) is 23.5 Å². The van der Waals surface area contributed by atoms with E-state index in [-0.39, 0.29) is 30.1 Å². The van der Waals surface area contributed by atoms with Crippen molar-refractivity contribution in [1.29, 1.82) is 5.26 Å². The van der Waals surface area contributed by atoms with Gasteiger partial charge in [-0.15, -0.1) is 0 Å². The van der Waals surface area contributed by atoms with Crippen LogP contribution >= 0.6 is 0 Å². The smallest absolute Gasteiger partial charge is 0.407 e. The molecule has 3 aliphatic rings. The molecular formula is C36H43N7O7S. The maximum Gasteiger partial charge on any atom is 0.407 e. The molecule has 6 rings (SSSR count). The summed E-state index contributed by atoms with van der Waals surface area (Å²) >= 11 is 0. The van der Waals surface area contributed by atoms with E-state index in [9.17, 15) is 28.6 Å². The first-order valence-corrected chi connectivity index (χ1v) is 18.5. The number of aromatic nitrogens is 2. The van der Waals surface area contributed by atoms with Gasteiger partial charge in [-0.25, -0.2) is 23.2 Å². The summed E-state index contributed by atoms with van der Waals surface area (Å²) < 4.78 is 43.0. The number of rotatable bonds is 9. The third-order valence-corrected chi connectivity index (χ3v) is 11.6. The Morgan fingerprint density at radius 1 is 1.14 bits per heavy atom. The number of carbonyl (C=O) groups is 1. The van der Waals surface area contributed by atoms with E-state index in [1.54, 1.807) is 26.8 Å². The van der Waals surface area contributed by atoms with Gasteiger partial charge in [-0.2, -0.15) is 5.26 Å². The van der Waals surface area contributed by atoms with Crippen molar-refractivity contribution in [3.63, 3.8) is 0 Å². The molecule has 0 unspecified atom stereocenters. The van der Waals surface area contributed by atoms with Gasteiger partial charge >= 0.3 is 6.09 Å². The number of nitrogens with two attached hydrogens (primary N) is 1. The van der Waals surface area contributed by atoms with Crippen molar-refractivity contribution >= 4 is 33.3 Å². The first-order valence-electron chi connectivity index (χ1n) is 17.1. The second-order valence-corrected chi connectivity index (χ2v) is 17.2. The number of nitro groups is 1. The normalized spacial score (nSPS) is 20.2. The number of amides is 1. The number of sulfonamides is 1. The molecule has 0 aliphatic heterocycles. The minimum absolute atomic E-state index is 0.119. The number of ether oxygens (including phenoxy) is 2. The first kappa shape index (κ1) is 35.8. The van der Waals surface area contributed by atoms with Crippen molar-refractivity contribution in [2.24, 2.45) is 5.41 Å². The number of fused-ring (bicyclic) bond motifs is 3. The SMILES string of the molecule is CC(C)(C)OC(=O)N[C@H]1CC[C@H](Oc2ccc3c(c2N(CC2(C#N)CC2)S(=O)(=O)c2ccccc2[N+](=O)[O-])CC(C)(C)c2c(N)ncnc2-3)CC1. The maximum absolute atomic E-state index is 14.9. The average molecular weight is 718 g/mol. The summed E-state index contributed by atoms with van der Waals surface area (Å²) in [5, 5.41) is 25.3. The van der Waals surface area contributed by atoms with Gasteiger partial charge in [0.05, 0.1) is 40.4 Å². The summed E-state index contributed by atoms with van der Waals surface area (Å²) in [6.07, 6.45) is 4.16. The van der Waals surface area contributed by atoms with E-state index in [4.69, 9.17) is 15.2 Å². The number of alkyl carbamates (subject to hydrolysis) is 1. The Kier molecular flexibility index (Phi) is 9.12. The van der Waals surface area contributed by atoms with E-state index in [1.165, 1.54) is 24.5 Å². The van der Waals surface area contributed by atoms with E-state index < -0.39 is 48.1 Å². The Labute approximate surface area is 297 Å². The molecule has 1 aromatic heterocycles. The predicted octanol–water partition coefficient (Wildman–Crippen LogP) is 6.18. The van der Waals surface area contributed by atoms with Crippen molar-refractivity contribution in [1.82, 2.24) is 15.3 Å². The lowest BCUT2D eigenvalue weighted by molar-refractivity contribution is -0.387. The molecule has 0 bridgehead atoms. The molecule has 0 radical (unpaired) electrons. The van der Waals surface area contributed by atoms with Crippen molar-refractivity contribution < 1.29 is 27.6 Å². The van der Waals surface area contributed by atoms with Crippen LogP contribution in [0, 0.1) is 26.9 Å². The van der Waals surface area contributed by atoms with Gasteiger partial charge in [-0.1, -0.05) is 26.0 Å². The van der Waals surface area contributed by atoms with Crippen LogP contribution in [-0.2, 0) is 26.6 Å². The number of hydrogen-bond acceptors (Lipinski definition) is 11. The standard InChI is InChI=1S/C36H43N7O7S/c1-34(2,3)50-33(44)41-22-10-12-23(13-11-22)49-27-15-14-24-25(18-35(4,5)29-30(24)39-21-40-32(29)38)31(27)42(20-36(19-37)16-17-36)51(47,48)28-9-7-6-8-26(28)43(45)46/h6-9,14-15,21-23H,10-13,16-18,20H2,1-5H3,(H,41,44)(H2,38,39,40)/t22-,23-. The fraction of sp³-hybridized carbons (Fsp3) is 0.500. The molecule has 15 heteroatoms. The lowest BCUT2D eigenvalue weighted by Gasteiger charge is -2.38. The third-order valence-electron chi connectivity index (χ3n) is 9.78. The van der Waals surface area contributed by atoms with Crippen LogP contribution < -0.4 is 20.1 Å². The topological polar surface area (TPSA) is 204 Å². The zero-order valence-electron chi connectivity index (χ0n) is 29.4. The largest absolute Gasteiger partial charge is 0.488 e. The van der Waals surface area contributed by atoms with E-state index in [0.29, 0.717) is 67.6 Å². The molecule has 0 atom stereocenters. The van der Waals surface area contributed by atoms with E-state index in [1.807, 2.05) is 19.9 Å². The van der Waals surface area contributed by atoms with Crippen LogP contribution in [0.3, 0.4) is 0 Å². The van der Waals surface area contributed by atoms with Crippen molar-refractivity contribution in [2.75, 3.05) is 16.6 Å². The molecular weight excluding hydrogens is 675 g/mol. The highest BCUT2D eigenvalue weighted by Crippen LogP contribution is 2.53. The number of nitriles is 1. The third kappa shape index (κ3) is 7.14. The summed E-state index contributed by atoms with van der Waals surface area (Å²) in [6.45, 7) is 9.13. The lowest BCUT2D eigenvalue weighted by atomic mass is 9.71. The van der Waals surface area contributed by atoms with Crippen molar-refractivity contribution in [3.8, 4) is 23.1 Å². The molecule has 0 saturated heterocycles. The zero-order valence-corrected chi connectivity index (χ0v) is 30.2. The Morgan fingerprint density at radius 3 is 2.45 bits per heavy atom. The predicted molar refractivity (Wildman–Crippen MR) is 190 cm³/mol. The molecule has 1 heterocycles. The molecule has 2 saturated carbocycles. The summed E-state index contributed by atoms with van der Waals surface area (Å²) in [4.78, 5) is 32.2. The Hall–Kier alpha value is -4.97. The Bertz CT molecular complexity index is 2030. The summed E-state index contributed by atoms with van der Waals surface area (Å²) in [7, 11) is -4.65. The summed E-state index contributed by atoms with van der Waals surface area (Å²) in [5.41, 5.74) is 6.31. The molecule has 3 N–H and O–H groups in total. The highest BCUT2D eigenvalue weighted by molar-refractivity contribution is 7.93. The number of nitrogen functional groups attached to an aromatic ring is 1. The average Bonchev–Trinajstić information content (AvgIpc) is 3.83. The molecule has 0 spiro atoms. The lowest BCUT2D eigenvalue weighted by Crippen LogP contribution is -2.42. The molecule has 14 nitrogen and oxygen atoms in total. The number of nitro benzene ring substituents is 1. The molecule has 51 heavy (non-hydrogen) atoms. The Morgan fingerprint density at radius 2 is 1.82 bits per heavy atom. The number of para-hydroxylation sites is 1. The van der Waals surface area contributed by atoms with Crippen LogP contribution in [0.4, 0.5) is 22.0 Å². The quantitative estimate of drug-likeness (QED) is 0.189. The molecule has 3 aliphatic carbocycles. The van der Waals surface area contributed by atoms with Crippen LogP contribution in [0.25, 0.3) is 11.3 Å². The molecule has 2 fully saturated rings. The van der Waals surface area contributed by atoms with Crippen LogP contribution in [-0.4, -0.2) is 53.7 Å². The molecule has 2 aromatic carbocycles. The monoisotopic (exact) mass is 717 g/mol. The second-order valence-electron chi connectivity index (χ2n) is 15.3. The highest BCUT2D eigenvalue weighted by Gasteiger charge is 2.50. The summed E-state index contributed by atoms with van der Waals surface area (Å²) in [5.74, 6) is 0.592. The fourth-order valence-corrected chi connectivity index (χ4v) is 8.88. The number of nitrogens with zero attached hydrogens (tertiary/aromatic N) is 5. The van der Waals surface area contributed by atoms with Gasteiger partial charge in [0.15, 0.2) is 4.90 Å². The van der Waals surface area contributed by atoms with E-state index in [0.717, 1.165) is 15.9 Å².